The minimum absolute atomic E-state index is 0.413. The van der Waals surface area contributed by atoms with Crippen molar-refractivity contribution in [1.82, 2.24) is 4.98 Å². The van der Waals surface area contributed by atoms with Gasteiger partial charge in [-0.05, 0) is 83.6 Å². The summed E-state index contributed by atoms with van der Waals surface area (Å²) in [5.41, 5.74) is 15.7. The topological polar surface area (TPSA) is 145 Å². The molecule has 1 aliphatic rings. The van der Waals surface area contributed by atoms with E-state index in [1.165, 1.54) is 0 Å². The highest BCUT2D eigenvalue weighted by atomic mass is 16.5. The van der Waals surface area contributed by atoms with E-state index in [0.717, 1.165) is 63.4 Å². The highest BCUT2D eigenvalue weighted by Gasteiger charge is 2.21. The summed E-state index contributed by atoms with van der Waals surface area (Å²) in [5.74, 6) is 1.40. The predicted molar refractivity (Wildman–Crippen MR) is 188 cm³/mol. The third-order valence-electron chi connectivity index (χ3n) is 7.59. The summed E-state index contributed by atoms with van der Waals surface area (Å²) in [6.45, 7) is 0.596. The second-order valence-electron chi connectivity index (χ2n) is 10.9. The average molecular weight is 637 g/mol. The van der Waals surface area contributed by atoms with Crippen LogP contribution in [0.25, 0.3) is 38.4 Å². The summed E-state index contributed by atoms with van der Waals surface area (Å²) in [4.78, 5) is 27.4. The molecule has 48 heavy (non-hydrogen) atoms. The van der Waals surface area contributed by atoms with E-state index in [1.807, 2.05) is 91.0 Å². The summed E-state index contributed by atoms with van der Waals surface area (Å²) in [6, 6.07) is 37.3. The minimum Gasteiger partial charge on any atom is -0.494 e. The second-order valence-corrected chi connectivity index (χ2v) is 10.9. The van der Waals surface area contributed by atoms with E-state index in [9.17, 15) is 4.79 Å². The van der Waals surface area contributed by atoms with Crippen molar-refractivity contribution in [2.45, 2.75) is 12.8 Å². The zero-order valence-electron chi connectivity index (χ0n) is 26.0. The molecular weight excluding hydrogens is 604 g/mol. The van der Waals surface area contributed by atoms with Gasteiger partial charge in [0.2, 0.25) is 0 Å². The van der Waals surface area contributed by atoms with Crippen molar-refractivity contribution in [3.8, 4) is 33.9 Å². The Bertz CT molecular complexity index is 2010. The normalized spacial score (nSPS) is 13.0. The molecule has 10 nitrogen and oxygen atoms in total. The van der Waals surface area contributed by atoms with E-state index in [1.54, 1.807) is 12.1 Å². The number of H-pyrrole nitrogens is 1. The molecule has 0 saturated heterocycles. The molecule has 0 unspecified atom stereocenters. The van der Waals surface area contributed by atoms with Crippen LogP contribution in [-0.2, 0) is 4.79 Å². The fourth-order valence-electron chi connectivity index (χ4n) is 5.22. The third-order valence-corrected chi connectivity index (χ3v) is 7.59. The molecule has 0 fully saturated rings. The maximum atomic E-state index is 11.0. The fraction of sp³-hybridized carbons (Fsp3) is 0.132. The Kier molecular flexibility index (Phi) is 10.1. The van der Waals surface area contributed by atoms with Crippen LogP contribution in [0.4, 0.5) is 5.82 Å². The Labute approximate surface area is 277 Å². The number of amidine groups is 1. The number of nitrogens with one attached hydrogen (secondary N) is 1. The molecule has 0 saturated carbocycles. The lowest BCUT2D eigenvalue weighted by molar-refractivity contribution is -0.139. The number of hydrogen-bond acceptors (Lipinski definition) is 5. The molecule has 0 amide bonds. The number of rotatable bonds is 14. The number of allylic oxidation sites excluding steroid dienone is 1. The number of unbranched alkanes of at least 4 members (excludes halogenated alkanes) is 1. The fourth-order valence-corrected chi connectivity index (χ4v) is 5.22. The molecule has 10 heteroatoms. The largest absolute Gasteiger partial charge is 0.494 e. The highest BCUT2D eigenvalue weighted by Crippen LogP contribution is 2.37. The molecule has 4 aromatic carbocycles. The number of carboxylic acids is 1. The number of aliphatic carboxylic acids is 1. The maximum Gasteiger partial charge on any atom is 0.341 e. The molecule has 238 valence electrons. The molecule has 1 aromatic heterocycles. The Morgan fingerprint density at radius 2 is 1.44 bits per heavy atom. The number of aliphatic imine (C=N–C) groups is 2. The van der Waals surface area contributed by atoms with E-state index < -0.39 is 12.6 Å². The predicted octanol–water partition coefficient (Wildman–Crippen LogP) is 8.90. The quantitative estimate of drug-likeness (QED) is 0.0542. The van der Waals surface area contributed by atoms with Crippen LogP contribution in [0.3, 0.4) is 0 Å². The number of benzene rings is 4. The average Bonchev–Trinajstić information content (AvgIpc) is 3.75. The van der Waals surface area contributed by atoms with E-state index in [4.69, 9.17) is 30.1 Å². The number of aromatic nitrogens is 1. The summed E-state index contributed by atoms with van der Waals surface area (Å²) >= 11 is 0. The van der Waals surface area contributed by atoms with Gasteiger partial charge in [0.05, 0.1) is 12.3 Å². The Balaban J connectivity index is 1.33. The van der Waals surface area contributed by atoms with Crippen molar-refractivity contribution in [1.29, 1.82) is 0 Å². The second kappa shape index (κ2) is 15.3. The van der Waals surface area contributed by atoms with E-state index in [-0.39, 0.29) is 0 Å². The Morgan fingerprint density at radius 1 is 0.792 bits per heavy atom. The monoisotopic (exact) mass is 636 g/mol. The lowest BCUT2D eigenvalue weighted by Gasteiger charge is -2.07. The molecule has 2 heterocycles. The van der Waals surface area contributed by atoms with Gasteiger partial charge >= 0.3 is 5.97 Å². The molecule has 5 aromatic rings. The zero-order chi connectivity index (χ0) is 33.1. The van der Waals surface area contributed by atoms with Crippen molar-refractivity contribution in [3.05, 3.63) is 143 Å². The summed E-state index contributed by atoms with van der Waals surface area (Å²) < 4.78 is 11.2. The molecule has 6 rings (SSSR count). The summed E-state index contributed by atoms with van der Waals surface area (Å²) in [7, 11) is 0. The zero-order valence-corrected chi connectivity index (χ0v) is 26.0. The maximum absolute atomic E-state index is 11.0. The molecule has 2 N–H and O–H groups in total. The van der Waals surface area contributed by atoms with Crippen LogP contribution in [0.5, 0.6) is 11.5 Å². The number of hydrogen-bond donors (Lipinski definition) is 2. The molecular formula is C38H32N6O4. The lowest BCUT2D eigenvalue weighted by atomic mass is 10.0. The summed E-state index contributed by atoms with van der Waals surface area (Å²) in [6.07, 6.45) is 3.59. The molecule has 0 bridgehead atoms. The van der Waals surface area contributed by atoms with E-state index in [0.29, 0.717) is 30.6 Å². The van der Waals surface area contributed by atoms with Crippen molar-refractivity contribution in [3.63, 3.8) is 0 Å². The first-order chi connectivity index (χ1) is 23.6. The van der Waals surface area contributed by atoms with Gasteiger partial charge in [0.25, 0.3) is 0 Å². The lowest BCUT2D eigenvalue weighted by Crippen LogP contribution is -2.09. The van der Waals surface area contributed by atoms with Gasteiger partial charge in [0.15, 0.2) is 12.4 Å². The van der Waals surface area contributed by atoms with E-state index in [2.05, 4.69) is 33.2 Å². The Hall–Kier alpha value is -6.38. The number of nitrogens with zero attached hydrogens (tertiary/aromatic N) is 5. The molecule has 0 aliphatic carbocycles. The molecule has 0 atom stereocenters. The van der Waals surface area contributed by atoms with Crippen molar-refractivity contribution in [2.75, 3.05) is 19.8 Å². The number of azide groups is 1. The molecule has 0 spiro atoms. The Morgan fingerprint density at radius 3 is 2.10 bits per heavy atom. The van der Waals surface area contributed by atoms with Crippen molar-refractivity contribution in [2.24, 2.45) is 15.1 Å². The molecule has 1 aliphatic heterocycles. The van der Waals surface area contributed by atoms with Gasteiger partial charge < -0.3 is 19.6 Å². The number of ether oxygens (including phenoxy) is 2. The minimum atomic E-state index is -1.04. The number of carboxylic acid groups (broad SMARTS) is 1. The van der Waals surface area contributed by atoms with Crippen molar-refractivity contribution < 1.29 is 19.4 Å². The van der Waals surface area contributed by atoms with Crippen LogP contribution in [0.1, 0.15) is 24.0 Å². The van der Waals surface area contributed by atoms with Crippen LogP contribution in [-0.4, -0.2) is 47.4 Å². The SMILES string of the molecule is [N-]=[N+]=NCCCCOc1ccc(-c2cc(-c3ccccc3)c(/N=C3\N=C(c4ccccc4)C=C3c3ccc(OCC(=O)O)cc3)[nH]2)cc1. The van der Waals surface area contributed by atoms with Crippen LogP contribution >= 0.6 is 0 Å². The van der Waals surface area contributed by atoms with Gasteiger partial charge in [-0.15, -0.1) is 0 Å². The van der Waals surface area contributed by atoms with Gasteiger partial charge in [-0.3, -0.25) is 0 Å². The number of aromatic amines is 1. The smallest absolute Gasteiger partial charge is 0.341 e. The van der Waals surface area contributed by atoms with Gasteiger partial charge in [0.1, 0.15) is 17.3 Å². The van der Waals surface area contributed by atoms with Gasteiger partial charge in [-0.1, -0.05) is 77.9 Å². The van der Waals surface area contributed by atoms with Gasteiger partial charge in [-0.25, -0.2) is 14.8 Å². The van der Waals surface area contributed by atoms with Gasteiger partial charge in [-0.2, -0.15) is 0 Å². The van der Waals surface area contributed by atoms with Crippen LogP contribution < -0.4 is 9.47 Å². The van der Waals surface area contributed by atoms with Crippen LogP contribution in [0.15, 0.2) is 136 Å². The van der Waals surface area contributed by atoms with Gasteiger partial charge in [0, 0.05) is 33.9 Å². The highest BCUT2D eigenvalue weighted by molar-refractivity contribution is 6.38. The standard InChI is InChI=1S/C38H32N6O4/c39-44-40-21-7-8-22-47-30-19-15-29(16-20-30)35-23-32(26-9-3-1-4-10-26)37(42-35)43-38-33(24-34(41-38)28-11-5-2-6-12-28)27-13-17-31(18-14-27)48-25-36(45)46/h1-6,9-20,23-24,42H,7-8,21-22,25H2,(H,45,46)/b43-38-. The third kappa shape index (κ3) is 7.88. The first-order valence-corrected chi connectivity index (χ1v) is 15.5. The summed E-state index contributed by atoms with van der Waals surface area (Å²) in [5, 5.41) is 12.5. The van der Waals surface area contributed by atoms with Crippen molar-refractivity contribution >= 4 is 28.9 Å². The van der Waals surface area contributed by atoms with Crippen LogP contribution in [0, 0.1) is 0 Å². The first-order valence-electron chi connectivity index (χ1n) is 15.5. The van der Waals surface area contributed by atoms with Crippen LogP contribution in [0.2, 0.25) is 0 Å². The molecule has 0 radical (unpaired) electrons. The first kappa shape index (κ1) is 31.6. The number of carbonyl (C=O) groups is 1. The van der Waals surface area contributed by atoms with E-state index >= 15 is 0 Å².